The van der Waals surface area contributed by atoms with Crippen molar-refractivity contribution in [2.75, 3.05) is 11.3 Å². The standard InChI is InChI=1S/C13H14N2O5S/c1-3-19-13(16)10-5-4-6-11(8-10)21(17,18)15-12-7-9(2)20-14-12/h4-8H,3H2,1-2H3,(H,14,15). The number of carbonyl (C=O) groups excluding carboxylic acids is 1. The Hall–Kier alpha value is -2.35. The lowest BCUT2D eigenvalue weighted by Gasteiger charge is -2.07. The van der Waals surface area contributed by atoms with Crippen LogP contribution in [0.1, 0.15) is 23.0 Å². The van der Waals surface area contributed by atoms with Crippen molar-refractivity contribution in [2.45, 2.75) is 18.7 Å². The lowest BCUT2D eigenvalue weighted by atomic mass is 10.2. The van der Waals surface area contributed by atoms with Crippen molar-refractivity contribution in [1.82, 2.24) is 5.16 Å². The molecule has 0 spiro atoms. The molecular weight excluding hydrogens is 296 g/mol. The van der Waals surface area contributed by atoms with Crippen molar-refractivity contribution in [1.29, 1.82) is 0 Å². The molecule has 0 unspecified atom stereocenters. The highest BCUT2D eigenvalue weighted by Crippen LogP contribution is 2.17. The molecule has 0 fully saturated rings. The Balaban J connectivity index is 2.28. The van der Waals surface area contributed by atoms with Crippen molar-refractivity contribution in [2.24, 2.45) is 0 Å². The van der Waals surface area contributed by atoms with E-state index in [4.69, 9.17) is 9.26 Å². The van der Waals surface area contributed by atoms with E-state index in [1.54, 1.807) is 13.8 Å². The number of hydrogen-bond donors (Lipinski definition) is 1. The van der Waals surface area contributed by atoms with Gasteiger partial charge in [0.1, 0.15) is 5.76 Å². The van der Waals surface area contributed by atoms with Crippen molar-refractivity contribution >= 4 is 21.8 Å². The molecule has 7 nitrogen and oxygen atoms in total. The summed E-state index contributed by atoms with van der Waals surface area (Å²) in [4.78, 5) is 11.6. The normalized spacial score (nSPS) is 11.1. The van der Waals surface area contributed by atoms with Gasteiger partial charge in [-0.05, 0) is 32.0 Å². The van der Waals surface area contributed by atoms with Crippen LogP contribution < -0.4 is 4.72 Å². The van der Waals surface area contributed by atoms with Gasteiger partial charge in [-0.25, -0.2) is 13.2 Å². The zero-order valence-electron chi connectivity index (χ0n) is 11.5. The minimum absolute atomic E-state index is 0.0614. The number of benzene rings is 1. The lowest BCUT2D eigenvalue weighted by molar-refractivity contribution is 0.0526. The van der Waals surface area contributed by atoms with Crippen LogP contribution in [0.3, 0.4) is 0 Å². The number of ether oxygens (including phenoxy) is 1. The molecule has 2 aromatic rings. The molecule has 0 amide bonds. The Morgan fingerprint density at radius 1 is 1.38 bits per heavy atom. The molecule has 112 valence electrons. The van der Waals surface area contributed by atoms with E-state index in [1.807, 2.05) is 0 Å². The fourth-order valence-electron chi connectivity index (χ4n) is 1.62. The van der Waals surface area contributed by atoms with E-state index < -0.39 is 16.0 Å². The van der Waals surface area contributed by atoms with Gasteiger partial charge in [0.15, 0.2) is 5.82 Å². The number of hydrogen-bond acceptors (Lipinski definition) is 6. The summed E-state index contributed by atoms with van der Waals surface area (Å²) in [6.45, 7) is 3.53. The maximum Gasteiger partial charge on any atom is 0.338 e. The molecule has 1 heterocycles. The van der Waals surface area contributed by atoms with Gasteiger partial charge >= 0.3 is 5.97 Å². The molecule has 0 bridgehead atoms. The van der Waals surface area contributed by atoms with E-state index in [0.29, 0.717) is 5.76 Å². The smallest absolute Gasteiger partial charge is 0.338 e. The van der Waals surface area contributed by atoms with E-state index in [9.17, 15) is 13.2 Å². The topological polar surface area (TPSA) is 98.5 Å². The lowest BCUT2D eigenvalue weighted by Crippen LogP contribution is -2.14. The van der Waals surface area contributed by atoms with Gasteiger partial charge in [-0.1, -0.05) is 11.2 Å². The number of aromatic nitrogens is 1. The van der Waals surface area contributed by atoms with E-state index in [0.717, 1.165) is 0 Å². The van der Waals surface area contributed by atoms with Crippen LogP contribution in [0.5, 0.6) is 0 Å². The maximum absolute atomic E-state index is 12.2. The number of aryl methyl sites for hydroxylation is 1. The van der Waals surface area contributed by atoms with Crippen LogP contribution in [0.15, 0.2) is 39.8 Å². The fraction of sp³-hybridized carbons (Fsp3) is 0.231. The Labute approximate surface area is 121 Å². The molecule has 0 aliphatic rings. The van der Waals surface area contributed by atoms with Crippen LogP contribution in [0.4, 0.5) is 5.82 Å². The van der Waals surface area contributed by atoms with Gasteiger partial charge in [0.2, 0.25) is 0 Å². The fourth-order valence-corrected chi connectivity index (χ4v) is 2.64. The van der Waals surface area contributed by atoms with E-state index >= 15 is 0 Å². The molecule has 0 radical (unpaired) electrons. The minimum atomic E-state index is -3.85. The summed E-state index contributed by atoms with van der Waals surface area (Å²) in [5.41, 5.74) is 0.163. The quantitative estimate of drug-likeness (QED) is 0.848. The van der Waals surface area contributed by atoms with Crippen LogP contribution in [0, 0.1) is 6.92 Å². The molecule has 0 saturated heterocycles. The SMILES string of the molecule is CCOC(=O)c1cccc(S(=O)(=O)Nc2cc(C)on2)c1. The zero-order valence-corrected chi connectivity index (χ0v) is 12.3. The third kappa shape index (κ3) is 3.60. The molecule has 0 aliphatic heterocycles. The van der Waals surface area contributed by atoms with Crippen LogP contribution in [0.25, 0.3) is 0 Å². The first-order valence-electron chi connectivity index (χ1n) is 6.15. The van der Waals surface area contributed by atoms with Crippen molar-refractivity contribution in [3.63, 3.8) is 0 Å². The largest absolute Gasteiger partial charge is 0.462 e. The Bertz CT molecular complexity index is 751. The Kier molecular flexibility index (Phi) is 4.27. The van der Waals surface area contributed by atoms with Crippen LogP contribution >= 0.6 is 0 Å². The van der Waals surface area contributed by atoms with Gasteiger partial charge in [0, 0.05) is 6.07 Å². The van der Waals surface area contributed by atoms with Gasteiger partial charge in [-0.3, -0.25) is 4.72 Å². The van der Waals surface area contributed by atoms with Gasteiger partial charge in [-0.15, -0.1) is 0 Å². The highest BCUT2D eigenvalue weighted by Gasteiger charge is 2.18. The van der Waals surface area contributed by atoms with E-state index in [1.165, 1.54) is 30.3 Å². The van der Waals surface area contributed by atoms with Crippen molar-refractivity contribution < 1.29 is 22.5 Å². The summed E-state index contributed by atoms with van der Waals surface area (Å²) in [5.74, 6) is -0.0196. The van der Waals surface area contributed by atoms with Gasteiger partial charge < -0.3 is 9.26 Å². The molecule has 2 rings (SSSR count). The number of carbonyl (C=O) groups is 1. The minimum Gasteiger partial charge on any atom is -0.462 e. The average Bonchev–Trinajstić information content (AvgIpc) is 2.84. The maximum atomic E-state index is 12.2. The van der Waals surface area contributed by atoms with Crippen molar-refractivity contribution in [3.8, 4) is 0 Å². The van der Waals surface area contributed by atoms with Crippen molar-refractivity contribution in [3.05, 3.63) is 41.7 Å². The summed E-state index contributed by atoms with van der Waals surface area (Å²) >= 11 is 0. The number of esters is 1. The third-order valence-corrected chi connectivity index (χ3v) is 3.87. The number of nitrogens with one attached hydrogen (secondary N) is 1. The molecule has 0 saturated carbocycles. The highest BCUT2D eigenvalue weighted by molar-refractivity contribution is 7.92. The van der Waals surface area contributed by atoms with Crippen LogP contribution in [-0.4, -0.2) is 26.2 Å². The first kappa shape index (κ1) is 15.0. The molecular formula is C13H14N2O5S. The first-order chi connectivity index (χ1) is 9.92. The Morgan fingerprint density at radius 2 is 2.14 bits per heavy atom. The highest BCUT2D eigenvalue weighted by atomic mass is 32.2. The number of rotatable bonds is 5. The number of nitrogens with zero attached hydrogens (tertiary/aromatic N) is 1. The molecule has 8 heteroatoms. The van der Waals surface area contributed by atoms with Gasteiger partial charge in [0.25, 0.3) is 10.0 Å². The summed E-state index contributed by atoms with van der Waals surface area (Å²) in [7, 11) is -3.85. The Morgan fingerprint density at radius 3 is 2.76 bits per heavy atom. The van der Waals surface area contributed by atoms with Crippen LogP contribution in [0.2, 0.25) is 0 Å². The van der Waals surface area contributed by atoms with Crippen LogP contribution in [-0.2, 0) is 14.8 Å². The number of sulfonamides is 1. The second-order valence-electron chi connectivity index (χ2n) is 4.18. The molecule has 1 aromatic heterocycles. The molecule has 0 aliphatic carbocycles. The number of anilines is 1. The predicted octanol–water partition coefficient (Wildman–Crippen LogP) is 1.96. The zero-order chi connectivity index (χ0) is 15.5. The second kappa shape index (κ2) is 5.96. The van der Waals surface area contributed by atoms with Gasteiger partial charge in [-0.2, -0.15) is 0 Å². The molecule has 1 aromatic carbocycles. The molecule has 1 N–H and O–H groups in total. The first-order valence-corrected chi connectivity index (χ1v) is 7.64. The predicted molar refractivity (Wildman–Crippen MR) is 74.4 cm³/mol. The summed E-state index contributed by atoms with van der Waals surface area (Å²) in [6, 6.07) is 7.02. The van der Waals surface area contributed by atoms with Gasteiger partial charge in [0.05, 0.1) is 17.1 Å². The van der Waals surface area contributed by atoms with E-state index in [2.05, 4.69) is 9.88 Å². The third-order valence-electron chi connectivity index (χ3n) is 2.52. The summed E-state index contributed by atoms with van der Waals surface area (Å²) in [6.07, 6.45) is 0. The molecule has 21 heavy (non-hydrogen) atoms. The second-order valence-corrected chi connectivity index (χ2v) is 5.86. The van der Waals surface area contributed by atoms with E-state index in [-0.39, 0.29) is 22.9 Å². The monoisotopic (exact) mass is 310 g/mol. The average molecular weight is 310 g/mol. The summed E-state index contributed by atoms with van der Waals surface area (Å²) < 4.78 is 36.3. The summed E-state index contributed by atoms with van der Waals surface area (Å²) in [5, 5.41) is 3.56. The molecule has 0 atom stereocenters.